The Kier molecular flexibility index (Phi) is 3.24. The summed E-state index contributed by atoms with van der Waals surface area (Å²) in [5.74, 6) is 0. The minimum atomic E-state index is -0.684. The second-order valence-corrected chi connectivity index (χ2v) is 3.83. The highest BCUT2D eigenvalue weighted by molar-refractivity contribution is 6.32. The number of hydrogen-bond acceptors (Lipinski definition) is 3. The SMILES string of the molecule is NCC(O)c1cnn(-c2ccccc2Cl)c1. The van der Waals surface area contributed by atoms with Gasteiger partial charge in [0.05, 0.1) is 23.0 Å². The number of aliphatic hydroxyl groups is 1. The van der Waals surface area contributed by atoms with Crippen LogP contribution in [0.4, 0.5) is 0 Å². The number of nitrogens with two attached hydrogens (primary N) is 1. The van der Waals surface area contributed by atoms with Crippen LogP contribution in [0.2, 0.25) is 5.02 Å². The van der Waals surface area contributed by atoms with E-state index in [1.165, 1.54) is 0 Å². The molecule has 5 heteroatoms. The first kappa shape index (κ1) is 11.1. The van der Waals surface area contributed by atoms with Crippen LogP contribution in [0.3, 0.4) is 0 Å². The van der Waals surface area contributed by atoms with E-state index < -0.39 is 6.10 Å². The van der Waals surface area contributed by atoms with Crippen molar-refractivity contribution in [2.24, 2.45) is 5.73 Å². The zero-order valence-corrected chi connectivity index (χ0v) is 9.30. The van der Waals surface area contributed by atoms with Crippen LogP contribution in [-0.4, -0.2) is 21.4 Å². The number of benzene rings is 1. The first-order valence-corrected chi connectivity index (χ1v) is 5.28. The molecular weight excluding hydrogens is 226 g/mol. The zero-order valence-electron chi connectivity index (χ0n) is 8.55. The lowest BCUT2D eigenvalue weighted by molar-refractivity contribution is 0.186. The van der Waals surface area contributed by atoms with Gasteiger partial charge in [-0.15, -0.1) is 0 Å². The number of halogens is 1. The smallest absolute Gasteiger partial charge is 0.0942 e. The molecule has 0 aliphatic rings. The van der Waals surface area contributed by atoms with Gasteiger partial charge in [0.15, 0.2) is 0 Å². The molecule has 2 aromatic rings. The fourth-order valence-corrected chi connectivity index (χ4v) is 1.64. The summed E-state index contributed by atoms with van der Waals surface area (Å²) in [6.45, 7) is 0.175. The second-order valence-electron chi connectivity index (χ2n) is 3.42. The molecular formula is C11H12ClN3O. The minimum Gasteiger partial charge on any atom is -0.387 e. The van der Waals surface area contributed by atoms with Gasteiger partial charge in [-0.25, -0.2) is 4.68 Å². The van der Waals surface area contributed by atoms with E-state index in [1.807, 2.05) is 18.2 Å². The van der Waals surface area contributed by atoms with Crippen molar-refractivity contribution in [3.63, 3.8) is 0 Å². The summed E-state index contributed by atoms with van der Waals surface area (Å²) >= 11 is 6.03. The Morgan fingerprint density at radius 1 is 1.44 bits per heavy atom. The average molecular weight is 238 g/mol. The molecule has 16 heavy (non-hydrogen) atoms. The van der Waals surface area contributed by atoms with Gasteiger partial charge in [0.2, 0.25) is 0 Å². The van der Waals surface area contributed by atoms with E-state index in [0.717, 1.165) is 5.69 Å². The maximum absolute atomic E-state index is 9.55. The number of hydrogen-bond donors (Lipinski definition) is 2. The summed E-state index contributed by atoms with van der Waals surface area (Å²) in [6.07, 6.45) is 2.62. The maximum atomic E-state index is 9.55. The monoisotopic (exact) mass is 237 g/mol. The quantitative estimate of drug-likeness (QED) is 0.851. The van der Waals surface area contributed by atoms with Gasteiger partial charge in [-0.2, -0.15) is 5.10 Å². The standard InChI is InChI=1S/C11H12ClN3O/c12-9-3-1-2-4-10(9)15-7-8(6-14-15)11(16)5-13/h1-4,6-7,11,16H,5,13H2. The Morgan fingerprint density at radius 2 is 2.19 bits per heavy atom. The van der Waals surface area contributed by atoms with Crippen molar-refractivity contribution in [3.05, 3.63) is 47.2 Å². The Hall–Kier alpha value is -1.36. The second kappa shape index (κ2) is 4.65. The number of para-hydroxylation sites is 1. The molecule has 1 unspecified atom stereocenters. The molecule has 0 radical (unpaired) electrons. The molecule has 0 aliphatic heterocycles. The van der Waals surface area contributed by atoms with Crippen molar-refractivity contribution in [3.8, 4) is 5.69 Å². The minimum absolute atomic E-state index is 0.175. The third-order valence-electron chi connectivity index (χ3n) is 2.31. The third-order valence-corrected chi connectivity index (χ3v) is 2.63. The van der Waals surface area contributed by atoms with E-state index in [9.17, 15) is 5.11 Å². The van der Waals surface area contributed by atoms with Crippen LogP contribution in [0.5, 0.6) is 0 Å². The van der Waals surface area contributed by atoms with Crippen LogP contribution in [0.25, 0.3) is 5.69 Å². The Bertz CT molecular complexity index is 484. The lowest BCUT2D eigenvalue weighted by atomic mass is 10.2. The molecule has 3 N–H and O–H groups in total. The molecule has 4 nitrogen and oxygen atoms in total. The van der Waals surface area contributed by atoms with Gasteiger partial charge in [-0.05, 0) is 12.1 Å². The molecule has 0 fully saturated rings. The fraction of sp³-hybridized carbons (Fsp3) is 0.182. The number of rotatable bonds is 3. The Balaban J connectivity index is 2.35. The molecule has 0 saturated carbocycles. The number of aromatic nitrogens is 2. The molecule has 1 aromatic heterocycles. The van der Waals surface area contributed by atoms with Gasteiger partial charge in [0, 0.05) is 18.3 Å². The fourth-order valence-electron chi connectivity index (χ4n) is 1.41. The van der Waals surface area contributed by atoms with E-state index in [-0.39, 0.29) is 6.54 Å². The molecule has 2 rings (SSSR count). The summed E-state index contributed by atoms with van der Waals surface area (Å²) in [5.41, 5.74) is 6.83. The Morgan fingerprint density at radius 3 is 2.88 bits per heavy atom. The summed E-state index contributed by atoms with van der Waals surface area (Å²) in [5, 5.41) is 14.3. The highest BCUT2D eigenvalue weighted by Gasteiger charge is 2.09. The van der Waals surface area contributed by atoms with Gasteiger partial charge in [0.1, 0.15) is 0 Å². The van der Waals surface area contributed by atoms with E-state index in [2.05, 4.69) is 5.10 Å². The van der Waals surface area contributed by atoms with Crippen molar-refractivity contribution in [1.82, 2.24) is 9.78 Å². The molecule has 0 saturated heterocycles. The normalized spacial score (nSPS) is 12.7. The summed E-state index contributed by atoms with van der Waals surface area (Å²) in [7, 11) is 0. The molecule has 1 heterocycles. The summed E-state index contributed by atoms with van der Waals surface area (Å²) in [6, 6.07) is 7.37. The predicted octanol–water partition coefficient (Wildman–Crippen LogP) is 1.52. The summed E-state index contributed by atoms with van der Waals surface area (Å²) in [4.78, 5) is 0. The topological polar surface area (TPSA) is 64.1 Å². The van der Waals surface area contributed by atoms with Crippen LogP contribution in [0.15, 0.2) is 36.7 Å². The maximum Gasteiger partial charge on any atom is 0.0942 e. The van der Waals surface area contributed by atoms with Crippen molar-refractivity contribution in [2.45, 2.75) is 6.10 Å². The van der Waals surface area contributed by atoms with Gasteiger partial charge in [-0.1, -0.05) is 23.7 Å². The lowest BCUT2D eigenvalue weighted by Gasteiger charge is -2.04. The van der Waals surface area contributed by atoms with E-state index in [1.54, 1.807) is 23.1 Å². The van der Waals surface area contributed by atoms with Gasteiger partial charge < -0.3 is 10.8 Å². The van der Waals surface area contributed by atoms with Gasteiger partial charge in [0.25, 0.3) is 0 Å². The highest BCUT2D eigenvalue weighted by Crippen LogP contribution is 2.20. The van der Waals surface area contributed by atoms with Crippen LogP contribution in [-0.2, 0) is 0 Å². The van der Waals surface area contributed by atoms with Gasteiger partial charge in [-0.3, -0.25) is 0 Å². The lowest BCUT2D eigenvalue weighted by Crippen LogP contribution is -2.10. The van der Waals surface area contributed by atoms with E-state index >= 15 is 0 Å². The van der Waals surface area contributed by atoms with Crippen molar-refractivity contribution in [2.75, 3.05) is 6.54 Å². The average Bonchev–Trinajstić information content (AvgIpc) is 2.78. The molecule has 0 amide bonds. The van der Waals surface area contributed by atoms with Crippen LogP contribution in [0, 0.1) is 0 Å². The highest BCUT2D eigenvalue weighted by atomic mass is 35.5. The van der Waals surface area contributed by atoms with Gasteiger partial charge >= 0.3 is 0 Å². The zero-order chi connectivity index (χ0) is 11.5. The molecule has 1 atom stereocenters. The van der Waals surface area contributed by atoms with Crippen molar-refractivity contribution < 1.29 is 5.11 Å². The first-order valence-electron chi connectivity index (χ1n) is 4.90. The van der Waals surface area contributed by atoms with Crippen LogP contribution < -0.4 is 5.73 Å². The number of nitrogens with zero attached hydrogens (tertiary/aromatic N) is 2. The number of aliphatic hydroxyl groups excluding tert-OH is 1. The first-order chi connectivity index (χ1) is 7.72. The molecule has 84 valence electrons. The van der Waals surface area contributed by atoms with Crippen LogP contribution in [0.1, 0.15) is 11.7 Å². The van der Waals surface area contributed by atoms with E-state index in [0.29, 0.717) is 10.6 Å². The predicted molar refractivity (Wildman–Crippen MR) is 62.6 cm³/mol. The molecule has 1 aromatic carbocycles. The molecule has 0 bridgehead atoms. The van der Waals surface area contributed by atoms with E-state index in [4.69, 9.17) is 17.3 Å². The van der Waals surface area contributed by atoms with Crippen LogP contribution >= 0.6 is 11.6 Å². The van der Waals surface area contributed by atoms with Crippen molar-refractivity contribution >= 4 is 11.6 Å². The summed E-state index contributed by atoms with van der Waals surface area (Å²) < 4.78 is 1.62. The van der Waals surface area contributed by atoms with Crippen molar-refractivity contribution in [1.29, 1.82) is 0 Å². The Labute approximate surface area is 98.3 Å². The molecule has 0 aliphatic carbocycles. The largest absolute Gasteiger partial charge is 0.387 e. The molecule has 0 spiro atoms. The third kappa shape index (κ3) is 2.09.